The molecule has 0 aliphatic carbocycles. The number of ether oxygens (including phenoxy) is 4. The van der Waals surface area contributed by atoms with Crippen LogP contribution < -0.4 is 29.2 Å². The van der Waals surface area contributed by atoms with E-state index in [4.69, 9.17) is 18.9 Å². The highest BCUT2D eigenvalue weighted by Gasteiger charge is 2.32. The Kier molecular flexibility index (Phi) is 6.66. The highest BCUT2D eigenvalue weighted by Crippen LogP contribution is 2.38. The van der Waals surface area contributed by atoms with Crippen molar-refractivity contribution in [3.05, 3.63) is 42.0 Å². The summed E-state index contributed by atoms with van der Waals surface area (Å²) in [6.07, 6.45) is 0.226. The maximum absolute atomic E-state index is 12.8. The fraction of sp³-hybridized carbons (Fsp3) is 0.364. The number of rotatable bonds is 8. The number of carbonyl (C=O) groups is 2. The molecule has 0 saturated carbocycles. The van der Waals surface area contributed by atoms with Crippen molar-refractivity contribution >= 4 is 17.5 Å². The van der Waals surface area contributed by atoms with Crippen LogP contribution in [0.2, 0.25) is 0 Å². The van der Waals surface area contributed by atoms with Crippen molar-refractivity contribution in [3.63, 3.8) is 0 Å². The van der Waals surface area contributed by atoms with Crippen LogP contribution in [0.5, 0.6) is 23.0 Å². The largest absolute Gasteiger partial charge is 0.494 e. The van der Waals surface area contributed by atoms with E-state index in [0.29, 0.717) is 36.0 Å². The lowest BCUT2D eigenvalue weighted by atomic mass is 10.1. The van der Waals surface area contributed by atoms with Gasteiger partial charge in [0.05, 0.1) is 34.0 Å². The van der Waals surface area contributed by atoms with Crippen LogP contribution in [0.25, 0.3) is 0 Å². The molecule has 1 N–H and O–H groups in total. The first kappa shape index (κ1) is 21.3. The van der Waals surface area contributed by atoms with E-state index < -0.39 is 0 Å². The van der Waals surface area contributed by atoms with Gasteiger partial charge in [-0.3, -0.25) is 9.59 Å². The maximum Gasteiger partial charge on any atom is 0.251 e. The molecule has 0 bridgehead atoms. The molecule has 3 rings (SSSR count). The normalized spacial score (nSPS) is 15.7. The molecule has 0 radical (unpaired) electrons. The standard InChI is InChI=1S/C22H26N2O6/c1-5-30-17-8-6-16(7-9-17)24-13-15(12-20(24)25)23-22(26)14-10-18(27-2)21(29-4)19(11-14)28-3/h6-11,15H,5,12-13H2,1-4H3,(H,23,26). The molecule has 160 valence electrons. The molecule has 1 fully saturated rings. The third-order valence-electron chi connectivity index (χ3n) is 4.85. The molecule has 8 heteroatoms. The summed E-state index contributed by atoms with van der Waals surface area (Å²) in [5, 5.41) is 2.92. The predicted octanol–water partition coefficient (Wildman–Crippen LogP) is 2.65. The number of hydrogen-bond acceptors (Lipinski definition) is 6. The summed E-state index contributed by atoms with van der Waals surface area (Å²) in [4.78, 5) is 26.9. The zero-order valence-electron chi connectivity index (χ0n) is 17.6. The Morgan fingerprint density at radius 2 is 1.70 bits per heavy atom. The highest BCUT2D eigenvalue weighted by molar-refractivity contribution is 5.99. The van der Waals surface area contributed by atoms with Gasteiger partial charge >= 0.3 is 0 Å². The van der Waals surface area contributed by atoms with E-state index in [0.717, 1.165) is 11.4 Å². The molecule has 0 spiro atoms. The molecule has 8 nitrogen and oxygen atoms in total. The predicted molar refractivity (Wildman–Crippen MR) is 112 cm³/mol. The number of nitrogens with one attached hydrogen (secondary N) is 1. The van der Waals surface area contributed by atoms with Crippen LogP contribution in [-0.4, -0.2) is 52.3 Å². The second-order valence-corrected chi connectivity index (χ2v) is 6.72. The van der Waals surface area contributed by atoms with Gasteiger partial charge in [-0.2, -0.15) is 0 Å². The third-order valence-corrected chi connectivity index (χ3v) is 4.85. The second kappa shape index (κ2) is 9.39. The van der Waals surface area contributed by atoms with Crippen LogP contribution in [0.4, 0.5) is 5.69 Å². The number of methoxy groups -OCH3 is 3. The van der Waals surface area contributed by atoms with Gasteiger partial charge in [-0.25, -0.2) is 0 Å². The fourth-order valence-corrected chi connectivity index (χ4v) is 3.42. The highest BCUT2D eigenvalue weighted by atomic mass is 16.5. The van der Waals surface area contributed by atoms with Gasteiger partial charge < -0.3 is 29.2 Å². The number of amides is 2. The Labute approximate surface area is 175 Å². The Morgan fingerprint density at radius 3 is 2.23 bits per heavy atom. The first-order valence-corrected chi connectivity index (χ1v) is 9.64. The van der Waals surface area contributed by atoms with E-state index in [1.165, 1.54) is 21.3 Å². The molecule has 1 unspecified atom stereocenters. The molecule has 1 aliphatic rings. The molecule has 1 heterocycles. The van der Waals surface area contributed by atoms with Gasteiger partial charge in [0.1, 0.15) is 5.75 Å². The minimum absolute atomic E-state index is 0.0469. The molecule has 1 aliphatic heterocycles. The smallest absolute Gasteiger partial charge is 0.251 e. The number of nitrogens with zero attached hydrogens (tertiary/aromatic N) is 1. The minimum Gasteiger partial charge on any atom is -0.494 e. The van der Waals surface area contributed by atoms with E-state index in [9.17, 15) is 9.59 Å². The molecular formula is C22H26N2O6. The lowest BCUT2D eigenvalue weighted by Crippen LogP contribution is -2.37. The molecule has 1 atom stereocenters. The van der Waals surface area contributed by atoms with E-state index in [2.05, 4.69) is 5.32 Å². The summed E-state index contributed by atoms with van der Waals surface area (Å²) >= 11 is 0. The molecule has 2 aromatic rings. The van der Waals surface area contributed by atoms with Crippen LogP contribution in [-0.2, 0) is 4.79 Å². The zero-order chi connectivity index (χ0) is 21.7. The Hall–Kier alpha value is -3.42. The number of carbonyl (C=O) groups excluding carboxylic acids is 2. The van der Waals surface area contributed by atoms with E-state index in [-0.39, 0.29) is 24.3 Å². The monoisotopic (exact) mass is 414 g/mol. The third kappa shape index (κ3) is 4.42. The quantitative estimate of drug-likeness (QED) is 0.715. The van der Waals surface area contributed by atoms with Crippen molar-refractivity contribution in [3.8, 4) is 23.0 Å². The Morgan fingerprint density at radius 1 is 1.07 bits per heavy atom. The summed E-state index contributed by atoms with van der Waals surface area (Å²) in [6.45, 7) is 2.89. The van der Waals surface area contributed by atoms with Crippen molar-refractivity contribution in [1.29, 1.82) is 0 Å². The molecular weight excluding hydrogens is 388 g/mol. The van der Waals surface area contributed by atoms with Crippen molar-refractivity contribution in [2.24, 2.45) is 0 Å². The first-order chi connectivity index (χ1) is 14.5. The topological polar surface area (TPSA) is 86.3 Å². The van der Waals surface area contributed by atoms with Gasteiger partial charge in [-0.1, -0.05) is 0 Å². The summed E-state index contributed by atoms with van der Waals surface area (Å²) in [6, 6.07) is 10.2. The van der Waals surface area contributed by atoms with Crippen LogP contribution in [0.3, 0.4) is 0 Å². The van der Waals surface area contributed by atoms with Gasteiger partial charge in [-0.05, 0) is 43.3 Å². The average Bonchev–Trinajstić information content (AvgIpc) is 3.13. The van der Waals surface area contributed by atoms with Gasteiger partial charge in [0.25, 0.3) is 5.91 Å². The van der Waals surface area contributed by atoms with E-state index >= 15 is 0 Å². The van der Waals surface area contributed by atoms with Crippen molar-refractivity contribution in [1.82, 2.24) is 5.32 Å². The number of anilines is 1. The summed E-state index contributed by atoms with van der Waals surface area (Å²) in [7, 11) is 4.48. The van der Waals surface area contributed by atoms with Crippen molar-refractivity contribution in [2.45, 2.75) is 19.4 Å². The van der Waals surface area contributed by atoms with Gasteiger partial charge in [0.2, 0.25) is 11.7 Å². The lowest BCUT2D eigenvalue weighted by Gasteiger charge is -2.18. The molecule has 30 heavy (non-hydrogen) atoms. The molecule has 2 aromatic carbocycles. The number of hydrogen-bond donors (Lipinski definition) is 1. The van der Waals surface area contributed by atoms with Crippen LogP contribution >= 0.6 is 0 Å². The molecule has 2 amide bonds. The van der Waals surface area contributed by atoms with Crippen LogP contribution in [0.15, 0.2) is 36.4 Å². The summed E-state index contributed by atoms with van der Waals surface area (Å²) in [5.74, 6) is 1.57. The minimum atomic E-state index is -0.319. The SMILES string of the molecule is CCOc1ccc(N2CC(NC(=O)c3cc(OC)c(OC)c(OC)c3)CC2=O)cc1. The fourth-order valence-electron chi connectivity index (χ4n) is 3.42. The van der Waals surface area contributed by atoms with Gasteiger partial charge in [-0.15, -0.1) is 0 Å². The molecule has 0 aromatic heterocycles. The zero-order valence-corrected chi connectivity index (χ0v) is 17.6. The van der Waals surface area contributed by atoms with Crippen LogP contribution in [0, 0.1) is 0 Å². The number of benzene rings is 2. The average molecular weight is 414 g/mol. The first-order valence-electron chi connectivity index (χ1n) is 9.64. The lowest BCUT2D eigenvalue weighted by molar-refractivity contribution is -0.117. The van der Waals surface area contributed by atoms with Crippen molar-refractivity contribution < 1.29 is 28.5 Å². The second-order valence-electron chi connectivity index (χ2n) is 6.72. The maximum atomic E-state index is 12.8. The van der Waals surface area contributed by atoms with E-state index in [1.54, 1.807) is 17.0 Å². The summed E-state index contributed by atoms with van der Waals surface area (Å²) < 4.78 is 21.3. The van der Waals surface area contributed by atoms with Crippen molar-refractivity contribution in [2.75, 3.05) is 39.4 Å². The van der Waals surface area contributed by atoms with Gasteiger partial charge in [0, 0.05) is 24.2 Å². The Bertz CT molecular complexity index is 887. The molecule has 1 saturated heterocycles. The van der Waals surface area contributed by atoms with E-state index in [1.807, 2.05) is 31.2 Å². The van der Waals surface area contributed by atoms with Crippen LogP contribution in [0.1, 0.15) is 23.7 Å². The summed E-state index contributed by atoms with van der Waals surface area (Å²) in [5.41, 5.74) is 1.13. The van der Waals surface area contributed by atoms with Gasteiger partial charge in [0.15, 0.2) is 11.5 Å². The Balaban J connectivity index is 1.71.